The highest BCUT2D eigenvalue weighted by Gasteiger charge is 2.33. The first-order chi connectivity index (χ1) is 8.97. The van der Waals surface area contributed by atoms with E-state index in [9.17, 15) is 13.2 Å². The van der Waals surface area contributed by atoms with E-state index in [1.54, 1.807) is 0 Å². The molecule has 0 radical (unpaired) electrons. The minimum Gasteiger partial charge on any atom is -0.384 e. The van der Waals surface area contributed by atoms with Crippen molar-refractivity contribution in [3.8, 4) is 0 Å². The lowest BCUT2D eigenvalue weighted by molar-refractivity contribution is -0.136. The smallest absolute Gasteiger partial charge is 0.384 e. The van der Waals surface area contributed by atoms with E-state index in [-0.39, 0.29) is 16.8 Å². The van der Waals surface area contributed by atoms with Crippen LogP contribution in [0.3, 0.4) is 0 Å². The molecule has 0 spiro atoms. The largest absolute Gasteiger partial charge is 0.418 e. The molecule has 1 atom stereocenters. The van der Waals surface area contributed by atoms with E-state index in [0.717, 1.165) is 25.5 Å². The third-order valence-electron chi connectivity index (χ3n) is 3.09. The first kappa shape index (κ1) is 14.5. The summed E-state index contributed by atoms with van der Waals surface area (Å²) in [6.45, 7) is 1.20. The van der Waals surface area contributed by atoms with Crippen LogP contribution in [-0.2, 0) is 10.9 Å². The zero-order valence-electron chi connectivity index (χ0n) is 10.3. The Bertz CT molecular complexity index is 430. The zero-order valence-corrected chi connectivity index (χ0v) is 11.0. The maximum Gasteiger partial charge on any atom is 0.418 e. The fourth-order valence-electron chi connectivity index (χ4n) is 2.14. The Hall–Kier alpha value is -0.940. The predicted octanol–water partition coefficient (Wildman–Crippen LogP) is 4.34. The Morgan fingerprint density at radius 1 is 1.37 bits per heavy atom. The van der Waals surface area contributed by atoms with Gasteiger partial charge in [-0.1, -0.05) is 11.6 Å². The molecule has 1 heterocycles. The second kappa shape index (κ2) is 6.01. The molecule has 0 saturated carbocycles. The van der Waals surface area contributed by atoms with Gasteiger partial charge in [-0.25, -0.2) is 0 Å². The van der Waals surface area contributed by atoms with Gasteiger partial charge < -0.3 is 10.1 Å². The molecule has 19 heavy (non-hydrogen) atoms. The molecule has 1 aliphatic heterocycles. The average Bonchev–Trinajstić information content (AvgIpc) is 2.83. The van der Waals surface area contributed by atoms with Crippen LogP contribution < -0.4 is 5.32 Å². The minimum absolute atomic E-state index is 0.0647. The molecular weight excluding hydrogens is 279 g/mol. The quantitative estimate of drug-likeness (QED) is 0.891. The van der Waals surface area contributed by atoms with E-state index in [1.807, 2.05) is 0 Å². The van der Waals surface area contributed by atoms with Gasteiger partial charge in [0.1, 0.15) is 0 Å². The summed E-state index contributed by atoms with van der Waals surface area (Å²) in [4.78, 5) is 0. The van der Waals surface area contributed by atoms with Crippen molar-refractivity contribution in [2.24, 2.45) is 0 Å². The first-order valence-electron chi connectivity index (χ1n) is 6.19. The van der Waals surface area contributed by atoms with Crippen LogP contribution in [-0.4, -0.2) is 19.3 Å². The molecule has 1 fully saturated rings. The SMILES string of the molecule is FC(F)(F)c1cc(Cl)ccc1NCCC1CCCO1. The van der Waals surface area contributed by atoms with Crippen LogP contribution in [0.5, 0.6) is 0 Å². The molecule has 2 rings (SSSR count). The van der Waals surface area contributed by atoms with Gasteiger partial charge in [0, 0.05) is 23.9 Å². The van der Waals surface area contributed by atoms with E-state index >= 15 is 0 Å². The fraction of sp³-hybridized carbons (Fsp3) is 0.538. The van der Waals surface area contributed by atoms with Gasteiger partial charge in [-0.2, -0.15) is 13.2 Å². The molecule has 1 N–H and O–H groups in total. The van der Waals surface area contributed by atoms with Gasteiger partial charge in [0.15, 0.2) is 0 Å². The van der Waals surface area contributed by atoms with Gasteiger partial charge in [0.2, 0.25) is 0 Å². The molecule has 0 amide bonds. The summed E-state index contributed by atoms with van der Waals surface area (Å²) in [5, 5.41) is 2.90. The van der Waals surface area contributed by atoms with E-state index < -0.39 is 11.7 Å². The van der Waals surface area contributed by atoms with Gasteiger partial charge in [0.25, 0.3) is 0 Å². The number of halogens is 4. The molecule has 2 nitrogen and oxygen atoms in total. The summed E-state index contributed by atoms with van der Waals surface area (Å²) in [6, 6.07) is 3.75. The molecule has 1 unspecified atom stereocenters. The molecule has 0 aromatic heterocycles. The summed E-state index contributed by atoms with van der Waals surface area (Å²) in [5.74, 6) is 0. The zero-order chi connectivity index (χ0) is 13.9. The van der Waals surface area contributed by atoms with E-state index in [2.05, 4.69) is 5.32 Å². The summed E-state index contributed by atoms with van der Waals surface area (Å²) in [6.07, 6.45) is -1.53. The van der Waals surface area contributed by atoms with Crippen molar-refractivity contribution in [2.75, 3.05) is 18.5 Å². The third-order valence-corrected chi connectivity index (χ3v) is 3.33. The lowest BCUT2D eigenvalue weighted by atomic mass is 10.1. The molecule has 1 aromatic rings. The van der Waals surface area contributed by atoms with E-state index in [4.69, 9.17) is 16.3 Å². The molecule has 0 aliphatic carbocycles. The van der Waals surface area contributed by atoms with Gasteiger partial charge in [-0.3, -0.25) is 0 Å². The molecule has 106 valence electrons. The number of rotatable bonds is 4. The molecular formula is C13H15ClF3NO. The highest BCUT2D eigenvalue weighted by molar-refractivity contribution is 6.30. The van der Waals surface area contributed by atoms with Crippen LogP contribution in [0.1, 0.15) is 24.8 Å². The minimum atomic E-state index is -4.41. The van der Waals surface area contributed by atoms with Gasteiger partial charge in [-0.15, -0.1) is 0 Å². The highest BCUT2D eigenvalue weighted by Crippen LogP contribution is 2.36. The summed E-state index contributed by atoms with van der Waals surface area (Å²) >= 11 is 5.61. The number of nitrogens with one attached hydrogen (secondary N) is 1. The monoisotopic (exact) mass is 293 g/mol. The lowest BCUT2D eigenvalue weighted by Crippen LogP contribution is -2.15. The van der Waals surface area contributed by atoms with Crippen molar-refractivity contribution < 1.29 is 17.9 Å². The number of benzene rings is 1. The van der Waals surface area contributed by atoms with Crippen LogP contribution >= 0.6 is 11.6 Å². The predicted molar refractivity (Wildman–Crippen MR) is 68.5 cm³/mol. The van der Waals surface area contributed by atoms with Crippen LogP contribution in [0.25, 0.3) is 0 Å². The van der Waals surface area contributed by atoms with Crippen molar-refractivity contribution in [2.45, 2.75) is 31.5 Å². The van der Waals surface area contributed by atoms with Crippen LogP contribution in [0, 0.1) is 0 Å². The standard InChI is InChI=1S/C13H15ClF3NO/c14-9-3-4-12(11(8-9)13(15,16)17)18-6-5-10-2-1-7-19-10/h3-4,8,10,18H,1-2,5-7H2. The molecule has 1 aliphatic rings. The van der Waals surface area contributed by atoms with Crippen molar-refractivity contribution in [3.05, 3.63) is 28.8 Å². The molecule has 1 aromatic carbocycles. The Balaban J connectivity index is 1.98. The van der Waals surface area contributed by atoms with E-state index in [1.165, 1.54) is 12.1 Å². The number of hydrogen-bond donors (Lipinski definition) is 1. The van der Waals surface area contributed by atoms with Crippen LogP contribution in [0.2, 0.25) is 5.02 Å². The number of anilines is 1. The number of ether oxygens (including phenoxy) is 1. The summed E-state index contributed by atoms with van der Waals surface area (Å²) < 4.78 is 43.9. The molecule has 6 heteroatoms. The van der Waals surface area contributed by atoms with Crippen molar-refractivity contribution in [3.63, 3.8) is 0 Å². The fourth-order valence-corrected chi connectivity index (χ4v) is 2.32. The molecule has 0 bridgehead atoms. The Kier molecular flexibility index (Phi) is 4.58. The summed E-state index contributed by atoms with van der Waals surface area (Å²) in [5.41, 5.74) is -0.665. The topological polar surface area (TPSA) is 21.3 Å². The summed E-state index contributed by atoms with van der Waals surface area (Å²) in [7, 11) is 0. The van der Waals surface area contributed by atoms with Gasteiger partial charge in [-0.05, 0) is 37.5 Å². The Labute approximate surface area is 114 Å². The third kappa shape index (κ3) is 4.01. The maximum atomic E-state index is 12.8. The van der Waals surface area contributed by atoms with Crippen molar-refractivity contribution >= 4 is 17.3 Å². The second-order valence-electron chi connectivity index (χ2n) is 4.54. The maximum absolute atomic E-state index is 12.8. The highest BCUT2D eigenvalue weighted by atomic mass is 35.5. The Morgan fingerprint density at radius 3 is 2.79 bits per heavy atom. The van der Waals surface area contributed by atoms with Crippen molar-refractivity contribution in [1.82, 2.24) is 0 Å². The van der Waals surface area contributed by atoms with Crippen LogP contribution in [0.4, 0.5) is 18.9 Å². The second-order valence-corrected chi connectivity index (χ2v) is 4.97. The van der Waals surface area contributed by atoms with Crippen molar-refractivity contribution in [1.29, 1.82) is 0 Å². The van der Waals surface area contributed by atoms with Gasteiger partial charge >= 0.3 is 6.18 Å². The average molecular weight is 294 g/mol. The number of hydrogen-bond acceptors (Lipinski definition) is 2. The van der Waals surface area contributed by atoms with Gasteiger partial charge in [0.05, 0.1) is 11.7 Å². The normalized spacial score (nSPS) is 19.7. The number of alkyl halides is 3. The first-order valence-corrected chi connectivity index (χ1v) is 6.57. The van der Waals surface area contributed by atoms with Crippen LogP contribution in [0.15, 0.2) is 18.2 Å². The molecule has 1 saturated heterocycles. The van der Waals surface area contributed by atoms with E-state index in [0.29, 0.717) is 13.0 Å². The lowest BCUT2D eigenvalue weighted by Gasteiger charge is -2.16. The Morgan fingerprint density at radius 2 is 2.16 bits per heavy atom.